The van der Waals surface area contributed by atoms with E-state index >= 15 is 0 Å². The Kier molecular flexibility index (Phi) is 25.0. The Hall–Kier alpha value is -2.87. The van der Waals surface area contributed by atoms with Gasteiger partial charge in [0, 0.05) is 20.8 Å². The summed E-state index contributed by atoms with van der Waals surface area (Å²) in [7, 11) is 0. The molecule has 0 aliphatic carbocycles. The minimum atomic E-state index is -2.37. The molecule has 7 heterocycles. The van der Waals surface area contributed by atoms with Gasteiger partial charge in [-0.2, -0.15) is 0 Å². The van der Waals surface area contributed by atoms with Gasteiger partial charge in [-0.3, -0.25) is 14.4 Å². The van der Waals surface area contributed by atoms with Gasteiger partial charge in [0.15, 0.2) is 44.0 Å². The molecule has 0 saturated carbocycles. The third-order valence-corrected chi connectivity index (χ3v) is 15.7. The molecule has 0 aromatic heterocycles. The molecule has 0 radical (unpaired) electrons. The van der Waals surface area contributed by atoms with Crippen molar-refractivity contribution in [3.8, 4) is 0 Å². The summed E-state index contributed by atoms with van der Waals surface area (Å²) in [6.07, 6.45) is -61.6. The molecule has 7 aliphatic rings. The first-order chi connectivity index (χ1) is 40.5. The molecule has 38 nitrogen and oxygen atoms in total. The van der Waals surface area contributed by atoms with Gasteiger partial charge in [-0.25, -0.2) is 0 Å². The summed E-state index contributed by atoms with van der Waals surface area (Å²) in [4.78, 5) is 37.9. The number of nitrogens with one attached hydrogen (secondary N) is 3. The summed E-state index contributed by atoms with van der Waals surface area (Å²) in [6.45, 7) is -1.23. The molecule has 3 amide bonds. The van der Waals surface area contributed by atoms with Gasteiger partial charge in [0.2, 0.25) is 17.7 Å². The Morgan fingerprint density at radius 1 is 0.326 bits per heavy atom. The molecule has 0 aromatic carbocycles. The van der Waals surface area contributed by atoms with Crippen molar-refractivity contribution in [1.29, 1.82) is 0 Å². The molecular formula is C48H81N3O35. The Bertz CT molecular complexity index is 2170. The van der Waals surface area contributed by atoms with E-state index in [1.54, 1.807) is 0 Å². The van der Waals surface area contributed by atoms with E-state index in [1.165, 1.54) is 6.92 Å². The summed E-state index contributed by atoms with van der Waals surface area (Å²) in [6, 6.07) is -5.31. The Balaban J connectivity index is 1.26. The molecule has 1 unspecified atom stereocenters. The minimum absolute atomic E-state index is 0.795. The standard InChI is InChI=1S/C48H81N3O35/c1-11-24(58)32(66)35(69)45(77-11)76-9-19-39(30(64)21(42(73)78-19)49-12(2)55)84-44-23(51-14(4)57)31(65)40(20(83-44)10-74-43-22(50-13(3)56)29(63)25(59)15(5-52)79-43)85-48-38(72)41(86-47-37(71)34(68)27(61)17(7-54)81-47)28(62)18(82-48)8-75-46-36(70)33(67)26(60)16(6-53)80-46/h11,15-48,52-54,58-73H,5-10H2,1-4H3,(H,49,55)(H,50,56)(H,51,57)/t11-,15+,16+,17+,18+,19+,20+,21+,22+,23+,24+,25+,26+,27+,28+,29+,30+,31+,32+,33-,34-,35-,36-,37-,38-,39+,40+,41-,42+,43?,44-,45+,46-,47+,48-/m0/s1. The molecule has 38 heteroatoms. The Morgan fingerprint density at radius 3 is 1.20 bits per heavy atom. The molecule has 7 rings (SSSR count). The van der Waals surface area contributed by atoms with E-state index in [0.29, 0.717) is 0 Å². The summed E-state index contributed by atoms with van der Waals surface area (Å²) >= 11 is 0. The van der Waals surface area contributed by atoms with Crippen molar-refractivity contribution < 1.29 is 173 Å². The minimum Gasteiger partial charge on any atom is -0.394 e. The first-order valence-electron chi connectivity index (χ1n) is 27.5. The van der Waals surface area contributed by atoms with Crippen LogP contribution in [0.15, 0.2) is 0 Å². The highest BCUT2D eigenvalue weighted by Crippen LogP contribution is 2.37. The topological polar surface area (TPSA) is 592 Å². The van der Waals surface area contributed by atoms with Crippen LogP contribution >= 0.6 is 0 Å². The second kappa shape index (κ2) is 30.5. The van der Waals surface area contributed by atoms with Crippen LogP contribution in [0.1, 0.15) is 27.7 Å². The molecule has 86 heavy (non-hydrogen) atoms. The van der Waals surface area contributed by atoms with Gasteiger partial charge < -0.3 is 175 Å². The smallest absolute Gasteiger partial charge is 0.217 e. The number of rotatable bonds is 21. The summed E-state index contributed by atoms with van der Waals surface area (Å²) in [5, 5.41) is 213. The fourth-order valence-electron chi connectivity index (χ4n) is 10.9. The first-order valence-corrected chi connectivity index (χ1v) is 27.5. The van der Waals surface area contributed by atoms with Crippen molar-refractivity contribution in [2.24, 2.45) is 0 Å². The van der Waals surface area contributed by atoms with Crippen LogP contribution < -0.4 is 16.0 Å². The number of hydrogen-bond donors (Lipinski definition) is 22. The number of carbonyl (C=O) groups is 3. The molecule has 7 aliphatic heterocycles. The summed E-state index contributed by atoms with van der Waals surface area (Å²) < 4.78 is 76.1. The second-order valence-corrected chi connectivity index (χ2v) is 21.9. The highest BCUT2D eigenvalue weighted by Gasteiger charge is 2.58. The van der Waals surface area contributed by atoms with Gasteiger partial charge in [0.25, 0.3) is 0 Å². The van der Waals surface area contributed by atoms with Crippen LogP contribution in [0.3, 0.4) is 0 Å². The SMILES string of the molecule is CC(=O)N[C@@H]1[C@@H](O)[C@H](O[C@@H]2O[C@H](COC3O[C@H](CO)[C@@H](O)[C@H](O)[C@H]3NC(C)=O)[C@@H](O[C@@H]3O[C@H](CO[C@H]4O[C@H](CO)[C@@H](O)[C@H](O)[C@@H]4O)[C@@H](O)[C@H](O[C@H]4O[C@H](CO)[C@@H](O)[C@H](O)[C@@H]4O)[C@@H]3O)[C@H](O)[C@H]2NC(C)=O)[C@@H](CO[C@@H]2O[C@@H](C)[C@@H](O)[C@@H](O)[C@@H]2O)O[C@H]1O. The lowest BCUT2D eigenvalue weighted by atomic mass is 9.93. The lowest BCUT2D eigenvalue weighted by Crippen LogP contribution is -2.71. The van der Waals surface area contributed by atoms with E-state index in [0.717, 1.165) is 20.8 Å². The van der Waals surface area contributed by atoms with Crippen molar-refractivity contribution in [3.05, 3.63) is 0 Å². The number of hydrogen-bond acceptors (Lipinski definition) is 35. The lowest BCUT2D eigenvalue weighted by Gasteiger charge is -2.51. The van der Waals surface area contributed by atoms with Crippen molar-refractivity contribution >= 4 is 17.7 Å². The second-order valence-electron chi connectivity index (χ2n) is 21.9. The zero-order valence-electron chi connectivity index (χ0n) is 46.5. The van der Waals surface area contributed by atoms with E-state index in [1.807, 2.05) is 0 Å². The van der Waals surface area contributed by atoms with Crippen LogP contribution in [0.5, 0.6) is 0 Å². The van der Waals surface area contributed by atoms with Crippen molar-refractivity contribution in [2.75, 3.05) is 39.6 Å². The maximum Gasteiger partial charge on any atom is 0.217 e. The zero-order valence-corrected chi connectivity index (χ0v) is 46.5. The Morgan fingerprint density at radius 2 is 0.674 bits per heavy atom. The van der Waals surface area contributed by atoms with E-state index in [-0.39, 0.29) is 0 Å². The number of aliphatic hydroxyl groups is 19. The van der Waals surface area contributed by atoms with Crippen LogP contribution in [0.4, 0.5) is 0 Å². The molecule has 0 bridgehead atoms. The molecule has 7 fully saturated rings. The fourth-order valence-corrected chi connectivity index (χ4v) is 10.9. The number of ether oxygens (including phenoxy) is 13. The van der Waals surface area contributed by atoms with Gasteiger partial charge >= 0.3 is 0 Å². The molecule has 7 saturated heterocycles. The average Bonchev–Trinajstić information content (AvgIpc) is 0.941. The monoisotopic (exact) mass is 1260 g/mol. The molecule has 0 spiro atoms. The van der Waals surface area contributed by atoms with E-state index in [4.69, 9.17) is 61.6 Å². The third-order valence-electron chi connectivity index (χ3n) is 15.7. The van der Waals surface area contributed by atoms with E-state index in [2.05, 4.69) is 16.0 Å². The zero-order chi connectivity index (χ0) is 63.5. The fraction of sp³-hybridized carbons (Fsp3) is 0.938. The molecule has 35 atom stereocenters. The number of amides is 3. The largest absolute Gasteiger partial charge is 0.394 e. The molecular weight excluding hydrogens is 1180 g/mol. The van der Waals surface area contributed by atoms with Crippen molar-refractivity contribution in [3.63, 3.8) is 0 Å². The number of aliphatic hydroxyl groups excluding tert-OH is 19. The van der Waals surface area contributed by atoms with Crippen LogP contribution in [0.2, 0.25) is 0 Å². The molecule has 22 N–H and O–H groups in total. The van der Waals surface area contributed by atoms with Crippen LogP contribution in [0, 0.1) is 0 Å². The van der Waals surface area contributed by atoms with Crippen molar-refractivity contribution in [1.82, 2.24) is 16.0 Å². The predicted octanol–water partition coefficient (Wildman–Crippen LogP) is -14.8. The predicted molar refractivity (Wildman–Crippen MR) is 265 cm³/mol. The maximum atomic E-state index is 13.1. The summed E-state index contributed by atoms with van der Waals surface area (Å²) in [5.41, 5.74) is 0. The van der Waals surface area contributed by atoms with Crippen LogP contribution in [-0.4, -0.2) is 369 Å². The average molecular weight is 1260 g/mol. The van der Waals surface area contributed by atoms with Gasteiger partial charge in [-0.1, -0.05) is 0 Å². The van der Waals surface area contributed by atoms with Crippen molar-refractivity contribution in [2.45, 2.75) is 242 Å². The van der Waals surface area contributed by atoms with E-state index < -0.39 is 272 Å². The highest BCUT2D eigenvalue weighted by molar-refractivity contribution is 5.74. The molecule has 498 valence electrons. The summed E-state index contributed by atoms with van der Waals surface area (Å²) in [5.74, 6) is -2.54. The number of carbonyl (C=O) groups excluding carboxylic acids is 3. The van der Waals surface area contributed by atoms with E-state index in [9.17, 15) is 111 Å². The van der Waals surface area contributed by atoms with Gasteiger partial charge in [-0.15, -0.1) is 0 Å². The third kappa shape index (κ3) is 15.7. The first kappa shape index (κ1) is 70.6. The van der Waals surface area contributed by atoms with Crippen LogP contribution in [0.25, 0.3) is 0 Å². The maximum absolute atomic E-state index is 13.1. The van der Waals surface area contributed by atoms with Crippen LogP contribution in [-0.2, 0) is 76.0 Å². The van der Waals surface area contributed by atoms with Gasteiger partial charge in [0.1, 0.15) is 165 Å². The quantitative estimate of drug-likeness (QED) is 0.0507. The van der Waals surface area contributed by atoms with Gasteiger partial charge in [-0.05, 0) is 6.92 Å². The lowest BCUT2D eigenvalue weighted by molar-refractivity contribution is -0.386. The molecule has 0 aromatic rings. The normalized spacial score (nSPS) is 49.4. The highest BCUT2D eigenvalue weighted by atomic mass is 16.8. The van der Waals surface area contributed by atoms with Gasteiger partial charge in [0.05, 0.1) is 45.7 Å². The Labute approximate surface area is 488 Å².